The number of rotatable bonds is 4. The Bertz CT molecular complexity index is 1070. The number of anilines is 2. The van der Waals surface area contributed by atoms with Gasteiger partial charge in [0.15, 0.2) is 5.82 Å². The molecule has 0 aliphatic carbocycles. The Kier molecular flexibility index (Phi) is 5.25. The fourth-order valence-corrected chi connectivity index (χ4v) is 3.57. The van der Waals surface area contributed by atoms with Gasteiger partial charge in [-0.15, -0.1) is 0 Å². The van der Waals surface area contributed by atoms with Gasteiger partial charge in [-0.25, -0.2) is 9.97 Å². The molecule has 4 rings (SSSR count). The fourth-order valence-electron chi connectivity index (χ4n) is 3.57. The van der Waals surface area contributed by atoms with Crippen LogP contribution in [0.1, 0.15) is 18.4 Å². The molecular weight excluding hydrogens is 366 g/mol. The summed E-state index contributed by atoms with van der Waals surface area (Å²) >= 11 is 0. The van der Waals surface area contributed by atoms with Gasteiger partial charge in [0.1, 0.15) is 0 Å². The molecule has 1 N–H and O–H groups in total. The van der Waals surface area contributed by atoms with Crippen LogP contribution in [-0.4, -0.2) is 36.1 Å². The molecule has 0 saturated carbocycles. The SMILES string of the molecule is COc1nc2ccccc2nc1N1CCC[C@@H](C(=O)Nc2ccc(C#N)cc2)C1. The maximum Gasteiger partial charge on any atom is 0.257 e. The smallest absolute Gasteiger partial charge is 0.257 e. The van der Waals surface area contributed by atoms with Crippen LogP contribution in [0.15, 0.2) is 48.5 Å². The maximum atomic E-state index is 12.8. The molecule has 0 radical (unpaired) electrons. The summed E-state index contributed by atoms with van der Waals surface area (Å²) in [5.74, 6) is 0.934. The van der Waals surface area contributed by atoms with E-state index in [1.54, 1.807) is 31.4 Å². The molecule has 1 atom stereocenters. The number of nitriles is 1. The summed E-state index contributed by atoms with van der Waals surface area (Å²) in [5, 5.41) is 11.8. The van der Waals surface area contributed by atoms with Gasteiger partial charge >= 0.3 is 0 Å². The molecule has 1 fully saturated rings. The molecule has 0 unspecified atom stereocenters. The summed E-state index contributed by atoms with van der Waals surface area (Å²) in [7, 11) is 1.58. The average Bonchev–Trinajstić information content (AvgIpc) is 2.78. The van der Waals surface area contributed by atoms with Gasteiger partial charge in [-0.3, -0.25) is 4.79 Å². The van der Waals surface area contributed by atoms with Crippen LogP contribution in [0.3, 0.4) is 0 Å². The van der Waals surface area contributed by atoms with E-state index in [-0.39, 0.29) is 11.8 Å². The number of para-hydroxylation sites is 2. The van der Waals surface area contributed by atoms with Gasteiger partial charge in [0, 0.05) is 18.8 Å². The third kappa shape index (κ3) is 3.97. The first-order chi connectivity index (χ1) is 14.2. The number of aromatic nitrogens is 2. The normalized spacial score (nSPS) is 16.3. The van der Waals surface area contributed by atoms with E-state index in [9.17, 15) is 4.79 Å². The summed E-state index contributed by atoms with van der Waals surface area (Å²) in [6, 6.07) is 16.6. The summed E-state index contributed by atoms with van der Waals surface area (Å²) in [5.41, 5.74) is 2.83. The highest BCUT2D eigenvalue weighted by atomic mass is 16.5. The Hall–Kier alpha value is -3.66. The second-order valence-electron chi connectivity index (χ2n) is 7.01. The van der Waals surface area contributed by atoms with Crippen molar-refractivity contribution in [3.05, 3.63) is 54.1 Å². The first-order valence-corrected chi connectivity index (χ1v) is 9.54. The van der Waals surface area contributed by atoms with E-state index in [0.29, 0.717) is 29.5 Å². The lowest BCUT2D eigenvalue weighted by molar-refractivity contribution is -0.120. The summed E-state index contributed by atoms with van der Waals surface area (Å²) < 4.78 is 5.48. The number of carbonyl (C=O) groups excluding carboxylic acids is 1. The van der Waals surface area contributed by atoms with Gasteiger partial charge in [0.05, 0.1) is 35.7 Å². The van der Waals surface area contributed by atoms with E-state index in [1.165, 1.54) is 0 Å². The topological polar surface area (TPSA) is 91.1 Å². The molecule has 7 nitrogen and oxygen atoms in total. The highest BCUT2D eigenvalue weighted by Gasteiger charge is 2.29. The molecule has 29 heavy (non-hydrogen) atoms. The second-order valence-corrected chi connectivity index (χ2v) is 7.01. The molecule has 0 spiro atoms. The van der Waals surface area contributed by atoms with E-state index in [2.05, 4.69) is 21.3 Å². The molecule has 146 valence electrons. The van der Waals surface area contributed by atoms with Crippen molar-refractivity contribution < 1.29 is 9.53 Å². The standard InChI is InChI=1S/C22H21N5O2/c1-29-22-20(25-18-6-2-3-7-19(18)26-22)27-12-4-5-16(14-27)21(28)24-17-10-8-15(13-23)9-11-17/h2-3,6-11,16H,4-5,12,14H2,1H3,(H,24,28)/t16-/m1/s1. The predicted molar refractivity (Wildman–Crippen MR) is 111 cm³/mol. The summed E-state index contributed by atoms with van der Waals surface area (Å²) in [6.45, 7) is 1.34. The highest BCUT2D eigenvalue weighted by molar-refractivity contribution is 5.93. The zero-order chi connectivity index (χ0) is 20.2. The molecule has 2 aromatic carbocycles. The van der Waals surface area contributed by atoms with Crippen molar-refractivity contribution in [3.8, 4) is 11.9 Å². The molecule has 3 aromatic rings. The fraction of sp³-hybridized carbons (Fsp3) is 0.273. The van der Waals surface area contributed by atoms with E-state index >= 15 is 0 Å². The average molecular weight is 387 g/mol. The van der Waals surface area contributed by atoms with E-state index in [1.807, 2.05) is 24.3 Å². The first kappa shape index (κ1) is 18.7. The van der Waals surface area contributed by atoms with Crippen LogP contribution < -0.4 is 15.0 Å². The lowest BCUT2D eigenvalue weighted by Gasteiger charge is -2.33. The third-order valence-corrected chi connectivity index (χ3v) is 5.09. The zero-order valence-corrected chi connectivity index (χ0v) is 16.1. The Morgan fingerprint density at radius 2 is 1.90 bits per heavy atom. The van der Waals surface area contributed by atoms with Gasteiger partial charge in [0.25, 0.3) is 5.88 Å². The lowest BCUT2D eigenvalue weighted by Crippen LogP contribution is -2.41. The molecule has 1 saturated heterocycles. The molecule has 0 bridgehead atoms. The Morgan fingerprint density at radius 1 is 1.17 bits per heavy atom. The minimum absolute atomic E-state index is 0.0351. The van der Waals surface area contributed by atoms with Crippen LogP contribution in [0.4, 0.5) is 11.5 Å². The van der Waals surface area contributed by atoms with Crippen LogP contribution in [0.2, 0.25) is 0 Å². The minimum Gasteiger partial charge on any atom is -0.478 e. The molecule has 7 heteroatoms. The van der Waals surface area contributed by atoms with Crippen LogP contribution >= 0.6 is 0 Å². The molecule has 2 heterocycles. The maximum absolute atomic E-state index is 12.8. The molecular formula is C22H21N5O2. The Labute approximate surface area is 169 Å². The van der Waals surface area contributed by atoms with Crippen molar-refractivity contribution in [3.63, 3.8) is 0 Å². The Morgan fingerprint density at radius 3 is 2.59 bits per heavy atom. The van der Waals surface area contributed by atoms with Crippen molar-refractivity contribution in [2.45, 2.75) is 12.8 Å². The number of carbonyl (C=O) groups is 1. The zero-order valence-electron chi connectivity index (χ0n) is 16.1. The number of hydrogen-bond acceptors (Lipinski definition) is 6. The number of fused-ring (bicyclic) bond motifs is 1. The number of benzene rings is 2. The number of methoxy groups -OCH3 is 1. The minimum atomic E-state index is -0.169. The largest absolute Gasteiger partial charge is 0.478 e. The van der Waals surface area contributed by atoms with Crippen molar-refractivity contribution in [2.75, 3.05) is 30.4 Å². The number of ether oxygens (including phenoxy) is 1. The van der Waals surface area contributed by atoms with Crippen LogP contribution in [-0.2, 0) is 4.79 Å². The Balaban J connectivity index is 1.52. The molecule has 1 aliphatic heterocycles. The predicted octanol–water partition coefficient (Wildman–Crippen LogP) is 3.37. The van der Waals surface area contributed by atoms with Crippen molar-refractivity contribution in [1.29, 1.82) is 5.26 Å². The van der Waals surface area contributed by atoms with Crippen molar-refractivity contribution in [1.82, 2.24) is 9.97 Å². The molecule has 1 amide bonds. The van der Waals surface area contributed by atoms with Gasteiger partial charge in [-0.2, -0.15) is 5.26 Å². The quantitative estimate of drug-likeness (QED) is 0.738. The number of nitrogens with zero attached hydrogens (tertiary/aromatic N) is 4. The van der Waals surface area contributed by atoms with E-state index < -0.39 is 0 Å². The van der Waals surface area contributed by atoms with E-state index in [0.717, 1.165) is 30.4 Å². The van der Waals surface area contributed by atoms with Crippen molar-refractivity contribution >= 4 is 28.4 Å². The van der Waals surface area contributed by atoms with Gasteiger partial charge < -0.3 is 15.0 Å². The second kappa shape index (κ2) is 8.15. The number of hydrogen-bond donors (Lipinski definition) is 1. The molecule has 1 aliphatic rings. The summed E-state index contributed by atoms with van der Waals surface area (Å²) in [6.07, 6.45) is 1.69. The third-order valence-electron chi connectivity index (χ3n) is 5.09. The summed E-state index contributed by atoms with van der Waals surface area (Å²) in [4.78, 5) is 24.2. The van der Waals surface area contributed by atoms with Crippen molar-refractivity contribution in [2.24, 2.45) is 5.92 Å². The van der Waals surface area contributed by atoms with Gasteiger partial charge in [-0.1, -0.05) is 12.1 Å². The van der Waals surface area contributed by atoms with Gasteiger partial charge in [-0.05, 0) is 49.2 Å². The molecule has 1 aromatic heterocycles. The van der Waals surface area contributed by atoms with Crippen LogP contribution in [0.5, 0.6) is 5.88 Å². The van der Waals surface area contributed by atoms with E-state index in [4.69, 9.17) is 15.0 Å². The lowest BCUT2D eigenvalue weighted by atomic mass is 9.97. The number of amides is 1. The number of nitrogens with one attached hydrogen (secondary N) is 1. The monoisotopic (exact) mass is 387 g/mol. The first-order valence-electron chi connectivity index (χ1n) is 9.54. The highest BCUT2D eigenvalue weighted by Crippen LogP contribution is 2.30. The number of piperidine rings is 1. The van der Waals surface area contributed by atoms with Crippen LogP contribution in [0.25, 0.3) is 11.0 Å². The van der Waals surface area contributed by atoms with Gasteiger partial charge in [0.2, 0.25) is 5.91 Å². The van der Waals surface area contributed by atoms with Crippen LogP contribution in [0, 0.1) is 17.2 Å².